The zero-order chi connectivity index (χ0) is 16.5. The average Bonchev–Trinajstić information content (AvgIpc) is 3.23. The Morgan fingerprint density at radius 1 is 1.27 bits per heavy atom. The Balaban J connectivity index is 0.00000121. The number of nitrogens with one attached hydrogen (secondary N) is 2. The Morgan fingerprint density at radius 2 is 2.12 bits per heavy atom. The second-order valence-electron chi connectivity index (χ2n) is 6.17. The van der Waals surface area contributed by atoms with Crippen molar-refractivity contribution in [3.05, 3.63) is 42.0 Å². The predicted molar refractivity (Wildman–Crippen MR) is 104 cm³/mol. The zero-order valence-electron chi connectivity index (χ0n) is 14.0. The molecular weight excluding hydrogens is 377 g/mol. The molecule has 2 unspecified atom stereocenters. The molecule has 3 N–H and O–H groups in total. The number of aromatic nitrogens is 1. The summed E-state index contributed by atoms with van der Waals surface area (Å²) < 4.78 is 5.53. The molecule has 6 nitrogen and oxygen atoms in total. The van der Waals surface area contributed by atoms with Gasteiger partial charge >= 0.3 is 0 Å². The van der Waals surface area contributed by atoms with Crippen LogP contribution in [0, 0.1) is 0 Å². The number of aliphatic hydroxyl groups is 1. The van der Waals surface area contributed by atoms with E-state index in [1.165, 1.54) is 5.56 Å². The monoisotopic (exact) mass is 397 g/mol. The lowest BCUT2D eigenvalue weighted by Gasteiger charge is -2.11. The molecule has 2 aliphatic heterocycles. The van der Waals surface area contributed by atoms with Gasteiger partial charge in [-0.2, -0.15) is 0 Å². The number of anilines is 1. The van der Waals surface area contributed by atoms with Crippen LogP contribution < -0.4 is 15.4 Å². The van der Waals surface area contributed by atoms with Gasteiger partial charge in [-0.15, -0.1) is 24.8 Å². The first-order valence-corrected chi connectivity index (χ1v) is 8.14. The molecule has 1 amide bonds. The number of hydrogen-bond donors (Lipinski definition) is 3. The normalized spacial score (nSPS) is 20.3. The number of benzene rings is 1. The number of amides is 1. The molecule has 1 fully saturated rings. The zero-order valence-corrected chi connectivity index (χ0v) is 15.6. The Bertz CT molecular complexity index is 788. The lowest BCUT2D eigenvalue weighted by molar-refractivity contribution is -0.118. The van der Waals surface area contributed by atoms with E-state index in [4.69, 9.17) is 4.74 Å². The molecule has 0 bridgehead atoms. The third-order valence-electron chi connectivity index (χ3n) is 4.41. The van der Waals surface area contributed by atoms with Gasteiger partial charge in [-0.05, 0) is 42.3 Å². The summed E-state index contributed by atoms with van der Waals surface area (Å²) in [5.74, 6) is 1.28. The SMILES string of the molecule is Cl.Cl.O=C(Nc1cccc(-c2ccc3c(c2)CCO3)n1)C1CC(O)CN1. The van der Waals surface area contributed by atoms with Gasteiger partial charge in [0.1, 0.15) is 11.6 Å². The van der Waals surface area contributed by atoms with Crippen molar-refractivity contribution in [3.63, 3.8) is 0 Å². The number of hydrogen-bond acceptors (Lipinski definition) is 5. The van der Waals surface area contributed by atoms with Crippen molar-refractivity contribution < 1.29 is 14.6 Å². The summed E-state index contributed by atoms with van der Waals surface area (Å²) in [6, 6.07) is 11.2. The van der Waals surface area contributed by atoms with Gasteiger partial charge in [0.05, 0.1) is 24.4 Å². The van der Waals surface area contributed by atoms with Gasteiger partial charge in [0.25, 0.3) is 0 Å². The molecule has 0 aliphatic carbocycles. The Kier molecular flexibility index (Phi) is 6.83. The number of carbonyl (C=O) groups is 1. The number of pyridine rings is 1. The molecule has 2 aliphatic rings. The standard InChI is InChI=1S/C18H19N3O3.2ClH/c22-13-9-15(19-10-13)18(23)21-17-3-1-2-14(20-17)11-4-5-16-12(8-11)6-7-24-16;;/h1-5,8,13,15,19,22H,6-7,9-10H2,(H,20,21,23);2*1H. The predicted octanol–water partition coefficient (Wildman–Crippen LogP) is 2.19. The fraction of sp³-hybridized carbons (Fsp3) is 0.333. The van der Waals surface area contributed by atoms with Crippen LogP contribution in [-0.4, -0.2) is 41.3 Å². The average molecular weight is 398 g/mol. The van der Waals surface area contributed by atoms with Gasteiger partial charge in [0.15, 0.2) is 0 Å². The smallest absolute Gasteiger partial charge is 0.242 e. The van der Waals surface area contributed by atoms with E-state index in [9.17, 15) is 9.90 Å². The number of nitrogens with zero attached hydrogens (tertiary/aromatic N) is 1. The highest BCUT2D eigenvalue weighted by molar-refractivity contribution is 5.94. The molecule has 4 rings (SSSR count). The minimum atomic E-state index is -0.464. The Labute approximate surface area is 164 Å². The van der Waals surface area contributed by atoms with E-state index in [0.717, 1.165) is 30.0 Å². The van der Waals surface area contributed by atoms with Crippen molar-refractivity contribution in [3.8, 4) is 17.0 Å². The summed E-state index contributed by atoms with van der Waals surface area (Å²) in [4.78, 5) is 16.8. The molecule has 3 heterocycles. The summed E-state index contributed by atoms with van der Waals surface area (Å²) in [7, 11) is 0. The number of aliphatic hydroxyl groups excluding tert-OH is 1. The molecule has 2 atom stereocenters. The molecule has 8 heteroatoms. The van der Waals surface area contributed by atoms with Gasteiger partial charge in [0.2, 0.25) is 5.91 Å². The second kappa shape index (κ2) is 8.68. The Hall–Kier alpha value is -1.86. The van der Waals surface area contributed by atoms with Crippen LogP contribution in [0.5, 0.6) is 5.75 Å². The van der Waals surface area contributed by atoms with E-state index in [1.807, 2.05) is 24.3 Å². The molecular formula is C18H21Cl2N3O3. The van der Waals surface area contributed by atoms with Crippen LogP contribution in [0.15, 0.2) is 36.4 Å². The van der Waals surface area contributed by atoms with Crippen LogP contribution in [-0.2, 0) is 11.2 Å². The molecule has 1 aromatic carbocycles. The van der Waals surface area contributed by atoms with E-state index in [2.05, 4.69) is 21.7 Å². The molecule has 1 saturated heterocycles. The van der Waals surface area contributed by atoms with Crippen molar-refractivity contribution >= 4 is 36.5 Å². The fourth-order valence-electron chi connectivity index (χ4n) is 3.14. The third-order valence-corrected chi connectivity index (χ3v) is 4.41. The van der Waals surface area contributed by atoms with E-state index < -0.39 is 6.10 Å². The maximum absolute atomic E-state index is 12.2. The van der Waals surface area contributed by atoms with Crippen molar-refractivity contribution in [2.75, 3.05) is 18.5 Å². The molecule has 2 aromatic rings. The van der Waals surface area contributed by atoms with Crippen LogP contribution in [0.3, 0.4) is 0 Å². The number of halogens is 2. The minimum absolute atomic E-state index is 0. The first kappa shape index (κ1) is 20.5. The Morgan fingerprint density at radius 3 is 2.88 bits per heavy atom. The number of rotatable bonds is 3. The first-order chi connectivity index (χ1) is 11.7. The largest absolute Gasteiger partial charge is 0.493 e. The second-order valence-corrected chi connectivity index (χ2v) is 6.17. The van der Waals surface area contributed by atoms with E-state index in [-0.39, 0.29) is 36.8 Å². The number of fused-ring (bicyclic) bond motifs is 1. The molecule has 0 spiro atoms. The maximum Gasteiger partial charge on any atom is 0.242 e. The summed E-state index contributed by atoms with van der Waals surface area (Å²) in [6.45, 7) is 1.17. The molecule has 26 heavy (non-hydrogen) atoms. The van der Waals surface area contributed by atoms with Crippen LogP contribution in [0.25, 0.3) is 11.3 Å². The summed E-state index contributed by atoms with van der Waals surface area (Å²) in [6.07, 6.45) is 0.875. The van der Waals surface area contributed by atoms with Crippen molar-refractivity contribution in [1.82, 2.24) is 10.3 Å². The van der Waals surface area contributed by atoms with Gasteiger partial charge in [-0.25, -0.2) is 4.98 Å². The quantitative estimate of drug-likeness (QED) is 0.739. The van der Waals surface area contributed by atoms with Gasteiger partial charge in [-0.1, -0.05) is 6.07 Å². The van der Waals surface area contributed by atoms with Gasteiger partial charge < -0.3 is 20.5 Å². The molecule has 1 aromatic heterocycles. The van der Waals surface area contributed by atoms with Crippen LogP contribution >= 0.6 is 24.8 Å². The highest BCUT2D eigenvalue weighted by Crippen LogP contribution is 2.30. The van der Waals surface area contributed by atoms with E-state index >= 15 is 0 Å². The summed E-state index contributed by atoms with van der Waals surface area (Å²) in [5.41, 5.74) is 3.00. The van der Waals surface area contributed by atoms with E-state index in [1.54, 1.807) is 6.07 Å². The number of ether oxygens (including phenoxy) is 1. The number of carbonyl (C=O) groups excluding carboxylic acids is 1. The van der Waals surface area contributed by atoms with E-state index in [0.29, 0.717) is 18.8 Å². The topological polar surface area (TPSA) is 83.5 Å². The first-order valence-electron chi connectivity index (χ1n) is 8.14. The van der Waals surface area contributed by atoms with Gasteiger partial charge in [0, 0.05) is 18.5 Å². The van der Waals surface area contributed by atoms with Crippen molar-refractivity contribution in [2.45, 2.75) is 25.0 Å². The summed E-state index contributed by atoms with van der Waals surface area (Å²) in [5, 5.41) is 15.3. The fourth-order valence-corrected chi connectivity index (χ4v) is 3.14. The van der Waals surface area contributed by atoms with Crippen molar-refractivity contribution in [2.24, 2.45) is 0 Å². The lowest BCUT2D eigenvalue weighted by Crippen LogP contribution is -2.35. The number of β-amino-alcohol motifs (C(OH)–C–C–N with tert-alkyl or cyclic N) is 1. The molecule has 140 valence electrons. The lowest BCUT2D eigenvalue weighted by atomic mass is 10.1. The van der Waals surface area contributed by atoms with Crippen LogP contribution in [0.1, 0.15) is 12.0 Å². The van der Waals surface area contributed by atoms with Gasteiger partial charge in [-0.3, -0.25) is 4.79 Å². The highest BCUT2D eigenvalue weighted by atomic mass is 35.5. The maximum atomic E-state index is 12.2. The third kappa shape index (κ3) is 4.27. The minimum Gasteiger partial charge on any atom is -0.493 e. The van der Waals surface area contributed by atoms with Crippen molar-refractivity contribution in [1.29, 1.82) is 0 Å². The van der Waals surface area contributed by atoms with Crippen LogP contribution in [0.2, 0.25) is 0 Å². The molecule has 0 saturated carbocycles. The highest BCUT2D eigenvalue weighted by Gasteiger charge is 2.28. The molecule has 0 radical (unpaired) electrons. The van der Waals surface area contributed by atoms with Crippen LogP contribution in [0.4, 0.5) is 5.82 Å². The summed E-state index contributed by atoms with van der Waals surface area (Å²) >= 11 is 0.